The molecule has 1 amide bonds. The average molecular weight is 349 g/mol. The first-order valence-electron chi connectivity index (χ1n) is 8.00. The molecule has 1 aliphatic heterocycles. The molecular formula is C18H20ClFN3O+. The lowest BCUT2D eigenvalue weighted by Crippen LogP contribution is -3.15. The van der Waals surface area contributed by atoms with E-state index in [2.05, 4.69) is 22.3 Å². The summed E-state index contributed by atoms with van der Waals surface area (Å²) in [5.74, 6) is -0.571. The molecule has 1 saturated heterocycles. The maximum absolute atomic E-state index is 13.1. The monoisotopic (exact) mass is 348 g/mol. The Labute approximate surface area is 145 Å². The summed E-state index contributed by atoms with van der Waals surface area (Å²) in [5.41, 5.74) is 1.75. The highest BCUT2D eigenvalue weighted by Crippen LogP contribution is 2.19. The number of hydrogen-bond acceptors (Lipinski definition) is 2. The van der Waals surface area contributed by atoms with Gasteiger partial charge in [-0.1, -0.05) is 29.8 Å². The standard InChI is InChI=1S/C18H19ClFN3O/c19-16-12-14(6-7-17(16)20)21-18(24)13-22-8-10-23(11-9-22)15-4-2-1-3-5-15/h1-7,12H,8-11,13H2,(H,21,24)/p+1. The third-order valence-corrected chi connectivity index (χ3v) is 4.50. The van der Waals surface area contributed by atoms with Crippen LogP contribution in [0.5, 0.6) is 0 Å². The Hall–Kier alpha value is -2.11. The van der Waals surface area contributed by atoms with Crippen molar-refractivity contribution in [2.24, 2.45) is 0 Å². The van der Waals surface area contributed by atoms with Crippen molar-refractivity contribution in [3.05, 3.63) is 59.4 Å². The molecule has 4 nitrogen and oxygen atoms in total. The van der Waals surface area contributed by atoms with E-state index in [1.807, 2.05) is 18.2 Å². The highest BCUT2D eigenvalue weighted by molar-refractivity contribution is 6.31. The summed E-state index contributed by atoms with van der Waals surface area (Å²) in [6.45, 7) is 4.07. The molecule has 2 aromatic carbocycles. The van der Waals surface area contributed by atoms with E-state index in [1.165, 1.54) is 28.8 Å². The summed E-state index contributed by atoms with van der Waals surface area (Å²) in [4.78, 5) is 15.7. The number of hydrogen-bond donors (Lipinski definition) is 2. The van der Waals surface area contributed by atoms with Gasteiger partial charge in [0.25, 0.3) is 5.91 Å². The van der Waals surface area contributed by atoms with Gasteiger partial charge in [0.05, 0.1) is 31.2 Å². The van der Waals surface area contributed by atoms with E-state index >= 15 is 0 Å². The van der Waals surface area contributed by atoms with Crippen LogP contribution in [0.15, 0.2) is 48.5 Å². The first-order valence-corrected chi connectivity index (χ1v) is 8.38. The zero-order valence-corrected chi connectivity index (χ0v) is 14.0. The van der Waals surface area contributed by atoms with Gasteiger partial charge < -0.3 is 15.1 Å². The molecule has 2 N–H and O–H groups in total. The van der Waals surface area contributed by atoms with Gasteiger partial charge in [-0.3, -0.25) is 4.79 Å². The van der Waals surface area contributed by atoms with Crippen molar-refractivity contribution in [1.82, 2.24) is 0 Å². The van der Waals surface area contributed by atoms with Crippen LogP contribution in [0.2, 0.25) is 5.02 Å². The van der Waals surface area contributed by atoms with Gasteiger partial charge in [0.2, 0.25) is 0 Å². The second-order valence-corrected chi connectivity index (χ2v) is 6.33. The first-order chi connectivity index (χ1) is 11.6. The van der Waals surface area contributed by atoms with Crippen LogP contribution in [0.4, 0.5) is 15.8 Å². The van der Waals surface area contributed by atoms with Gasteiger partial charge in [-0.2, -0.15) is 0 Å². The molecule has 1 aliphatic rings. The Bertz CT molecular complexity index is 703. The number of carbonyl (C=O) groups excluding carboxylic acids is 1. The molecule has 0 atom stereocenters. The Morgan fingerprint density at radius 2 is 1.88 bits per heavy atom. The van der Waals surface area contributed by atoms with Crippen molar-refractivity contribution in [3.8, 4) is 0 Å². The molecule has 24 heavy (non-hydrogen) atoms. The van der Waals surface area contributed by atoms with E-state index in [1.54, 1.807) is 0 Å². The number of benzene rings is 2. The number of para-hydroxylation sites is 1. The van der Waals surface area contributed by atoms with Gasteiger partial charge in [-0.15, -0.1) is 0 Å². The lowest BCUT2D eigenvalue weighted by molar-refractivity contribution is -0.892. The van der Waals surface area contributed by atoms with E-state index in [0.717, 1.165) is 26.2 Å². The molecule has 0 unspecified atom stereocenters. The molecule has 126 valence electrons. The van der Waals surface area contributed by atoms with Crippen molar-refractivity contribution >= 4 is 28.9 Å². The SMILES string of the molecule is O=C(C[NH+]1CCN(c2ccccc2)CC1)Nc1ccc(F)c(Cl)c1. The summed E-state index contributed by atoms with van der Waals surface area (Å²) >= 11 is 5.73. The van der Waals surface area contributed by atoms with Gasteiger partial charge in [0, 0.05) is 11.4 Å². The molecule has 0 saturated carbocycles. The van der Waals surface area contributed by atoms with Crippen molar-refractivity contribution in [1.29, 1.82) is 0 Å². The van der Waals surface area contributed by atoms with Crippen LogP contribution in [-0.4, -0.2) is 38.6 Å². The Kier molecular flexibility index (Phi) is 5.33. The van der Waals surface area contributed by atoms with Gasteiger partial charge >= 0.3 is 0 Å². The van der Waals surface area contributed by atoms with E-state index in [4.69, 9.17) is 11.6 Å². The number of nitrogens with zero attached hydrogens (tertiary/aromatic N) is 1. The number of anilines is 2. The zero-order valence-electron chi connectivity index (χ0n) is 13.3. The van der Waals surface area contributed by atoms with Crippen molar-refractivity contribution in [2.75, 3.05) is 42.9 Å². The molecule has 6 heteroatoms. The molecular weight excluding hydrogens is 329 g/mol. The number of carbonyl (C=O) groups is 1. The van der Waals surface area contributed by atoms with Crippen LogP contribution in [0, 0.1) is 5.82 Å². The maximum atomic E-state index is 13.1. The Morgan fingerprint density at radius 3 is 2.54 bits per heavy atom. The predicted octanol–water partition coefficient (Wildman–Crippen LogP) is 1.82. The minimum Gasteiger partial charge on any atom is -0.360 e. The fourth-order valence-corrected chi connectivity index (χ4v) is 3.08. The minimum absolute atomic E-state index is 0.0108. The molecule has 0 bridgehead atoms. The van der Waals surface area contributed by atoms with Gasteiger partial charge in [0.15, 0.2) is 6.54 Å². The zero-order chi connectivity index (χ0) is 16.9. The number of amides is 1. The Morgan fingerprint density at radius 1 is 1.17 bits per heavy atom. The highest BCUT2D eigenvalue weighted by atomic mass is 35.5. The summed E-state index contributed by atoms with van der Waals surface area (Å²) < 4.78 is 13.1. The van der Waals surface area contributed by atoms with E-state index in [0.29, 0.717) is 12.2 Å². The lowest BCUT2D eigenvalue weighted by atomic mass is 10.2. The predicted molar refractivity (Wildman–Crippen MR) is 94.3 cm³/mol. The van der Waals surface area contributed by atoms with Crippen LogP contribution in [-0.2, 0) is 4.79 Å². The van der Waals surface area contributed by atoms with Crippen LogP contribution in [0.1, 0.15) is 0 Å². The second kappa shape index (κ2) is 7.64. The number of piperazine rings is 1. The molecule has 0 radical (unpaired) electrons. The first kappa shape index (κ1) is 16.7. The molecule has 1 heterocycles. The average Bonchev–Trinajstić information content (AvgIpc) is 2.59. The second-order valence-electron chi connectivity index (χ2n) is 5.93. The van der Waals surface area contributed by atoms with Crippen molar-refractivity contribution in [2.45, 2.75) is 0 Å². The van der Waals surface area contributed by atoms with E-state index in [9.17, 15) is 9.18 Å². The summed E-state index contributed by atoms with van der Waals surface area (Å²) in [6.07, 6.45) is 0. The summed E-state index contributed by atoms with van der Waals surface area (Å²) in [6, 6.07) is 14.5. The molecule has 2 aromatic rings. The molecule has 1 fully saturated rings. The van der Waals surface area contributed by atoms with Gasteiger partial charge in [-0.05, 0) is 30.3 Å². The fourth-order valence-electron chi connectivity index (χ4n) is 2.90. The topological polar surface area (TPSA) is 36.8 Å². The van der Waals surface area contributed by atoms with Gasteiger partial charge in [-0.25, -0.2) is 4.39 Å². The largest absolute Gasteiger partial charge is 0.360 e. The van der Waals surface area contributed by atoms with E-state index < -0.39 is 5.82 Å². The quantitative estimate of drug-likeness (QED) is 0.884. The molecule has 0 aliphatic carbocycles. The highest BCUT2D eigenvalue weighted by Gasteiger charge is 2.22. The lowest BCUT2D eigenvalue weighted by Gasteiger charge is -2.33. The Balaban J connectivity index is 1.49. The van der Waals surface area contributed by atoms with E-state index in [-0.39, 0.29) is 10.9 Å². The third-order valence-electron chi connectivity index (χ3n) is 4.21. The normalized spacial score (nSPS) is 15.3. The number of nitrogens with one attached hydrogen (secondary N) is 2. The van der Waals surface area contributed by atoms with Crippen LogP contribution < -0.4 is 15.1 Å². The third kappa shape index (κ3) is 4.24. The maximum Gasteiger partial charge on any atom is 0.279 e. The molecule has 3 rings (SSSR count). The van der Waals surface area contributed by atoms with Crippen molar-refractivity contribution < 1.29 is 14.1 Å². The fraction of sp³-hybridized carbons (Fsp3) is 0.278. The summed E-state index contributed by atoms with van der Waals surface area (Å²) in [7, 11) is 0. The van der Waals surface area contributed by atoms with Crippen LogP contribution in [0.3, 0.4) is 0 Å². The number of halogens is 2. The smallest absolute Gasteiger partial charge is 0.279 e. The number of quaternary nitrogens is 1. The molecule has 0 aromatic heterocycles. The minimum atomic E-state index is -0.489. The van der Waals surface area contributed by atoms with Crippen LogP contribution in [0.25, 0.3) is 0 Å². The summed E-state index contributed by atoms with van der Waals surface area (Å²) in [5, 5.41) is 2.79. The van der Waals surface area contributed by atoms with Crippen molar-refractivity contribution in [3.63, 3.8) is 0 Å². The van der Waals surface area contributed by atoms with Crippen LogP contribution >= 0.6 is 11.6 Å². The number of rotatable bonds is 4. The molecule has 0 spiro atoms. The van der Waals surface area contributed by atoms with Gasteiger partial charge in [0.1, 0.15) is 5.82 Å².